The SMILES string of the molecule is CC[C@@H](C)c1ccccc1NC(=O)[C@H](C)Oc1ccc(C(=O)OC)cc1. The van der Waals surface area contributed by atoms with Crippen LogP contribution in [0.3, 0.4) is 0 Å². The minimum absolute atomic E-state index is 0.224. The van der Waals surface area contributed by atoms with Crippen molar-refractivity contribution >= 4 is 17.6 Å². The second-order valence-electron chi connectivity index (χ2n) is 6.16. The zero-order chi connectivity index (χ0) is 19.1. The highest BCUT2D eigenvalue weighted by Gasteiger charge is 2.18. The van der Waals surface area contributed by atoms with Gasteiger partial charge in [0.1, 0.15) is 5.75 Å². The smallest absolute Gasteiger partial charge is 0.337 e. The van der Waals surface area contributed by atoms with Crippen LogP contribution in [0, 0.1) is 0 Å². The lowest BCUT2D eigenvalue weighted by Gasteiger charge is -2.18. The van der Waals surface area contributed by atoms with E-state index in [0.717, 1.165) is 17.7 Å². The Morgan fingerprint density at radius 3 is 2.31 bits per heavy atom. The minimum atomic E-state index is -0.677. The number of nitrogens with one attached hydrogen (secondary N) is 1. The molecule has 2 aromatic carbocycles. The van der Waals surface area contributed by atoms with Gasteiger partial charge in [0.15, 0.2) is 6.10 Å². The molecule has 0 heterocycles. The van der Waals surface area contributed by atoms with Crippen molar-refractivity contribution in [2.75, 3.05) is 12.4 Å². The number of carbonyl (C=O) groups is 2. The molecule has 0 aromatic heterocycles. The highest BCUT2D eigenvalue weighted by molar-refractivity contribution is 5.95. The van der Waals surface area contributed by atoms with Crippen molar-refractivity contribution in [1.29, 1.82) is 0 Å². The van der Waals surface area contributed by atoms with E-state index in [1.165, 1.54) is 7.11 Å². The van der Waals surface area contributed by atoms with Crippen molar-refractivity contribution in [1.82, 2.24) is 0 Å². The maximum absolute atomic E-state index is 12.5. The average molecular weight is 355 g/mol. The van der Waals surface area contributed by atoms with Crippen LogP contribution in [0.25, 0.3) is 0 Å². The molecule has 2 atom stereocenters. The van der Waals surface area contributed by atoms with Crippen LogP contribution in [0.15, 0.2) is 48.5 Å². The van der Waals surface area contributed by atoms with Gasteiger partial charge in [0.2, 0.25) is 0 Å². The second kappa shape index (κ2) is 9.04. The molecule has 0 aliphatic carbocycles. The molecule has 1 amide bonds. The molecule has 0 aliphatic heterocycles. The maximum atomic E-state index is 12.5. The Balaban J connectivity index is 2.03. The van der Waals surface area contributed by atoms with Crippen molar-refractivity contribution in [2.45, 2.75) is 39.2 Å². The molecule has 138 valence electrons. The summed E-state index contributed by atoms with van der Waals surface area (Å²) in [7, 11) is 1.33. The standard InChI is InChI=1S/C21H25NO4/c1-5-14(2)18-8-6-7-9-19(18)22-20(23)15(3)26-17-12-10-16(11-13-17)21(24)25-4/h6-15H,5H2,1-4H3,(H,22,23)/t14-,15+/m1/s1. The van der Waals surface area contributed by atoms with E-state index in [2.05, 4.69) is 23.9 Å². The van der Waals surface area contributed by atoms with Crippen molar-refractivity contribution in [3.8, 4) is 5.75 Å². The summed E-state index contributed by atoms with van der Waals surface area (Å²) < 4.78 is 10.3. The number of methoxy groups -OCH3 is 1. The van der Waals surface area contributed by atoms with Crippen LogP contribution in [-0.2, 0) is 9.53 Å². The lowest BCUT2D eigenvalue weighted by atomic mass is 9.97. The Kier molecular flexibility index (Phi) is 6.78. The van der Waals surface area contributed by atoms with E-state index in [1.807, 2.05) is 24.3 Å². The molecule has 0 unspecified atom stereocenters. The molecule has 2 rings (SSSR count). The van der Waals surface area contributed by atoms with Crippen molar-refractivity contribution in [3.63, 3.8) is 0 Å². The molecule has 0 aliphatic rings. The third kappa shape index (κ3) is 4.85. The van der Waals surface area contributed by atoms with Gasteiger partial charge in [-0.1, -0.05) is 32.0 Å². The monoisotopic (exact) mass is 355 g/mol. The summed E-state index contributed by atoms with van der Waals surface area (Å²) in [5.41, 5.74) is 2.35. The van der Waals surface area contributed by atoms with Crippen molar-refractivity contribution < 1.29 is 19.1 Å². The second-order valence-corrected chi connectivity index (χ2v) is 6.16. The van der Waals surface area contributed by atoms with Gasteiger partial charge in [-0.15, -0.1) is 0 Å². The van der Waals surface area contributed by atoms with Gasteiger partial charge in [-0.3, -0.25) is 4.79 Å². The molecule has 0 bridgehead atoms. The van der Waals surface area contributed by atoms with E-state index < -0.39 is 12.1 Å². The van der Waals surface area contributed by atoms with Crippen LogP contribution >= 0.6 is 0 Å². The number of hydrogen-bond acceptors (Lipinski definition) is 4. The van der Waals surface area contributed by atoms with Crippen LogP contribution in [0.2, 0.25) is 0 Å². The molecule has 0 radical (unpaired) electrons. The lowest BCUT2D eigenvalue weighted by Crippen LogP contribution is -2.30. The summed E-state index contributed by atoms with van der Waals surface area (Å²) in [5.74, 6) is 0.228. The van der Waals surface area contributed by atoms with E-state index in [9.17, 15) is 9.59 Å². The predicted molar refractivity (Wildman–Crippen MR) is 102 cm³/mol. The molecule has 0 saturated heterocycles. The fraction of sp³-hybridized carbons (Fsp3) is 0.333. The third-order valence-electron chi connectivity index (χ3n) is 4.32. The number of benzene rings is 2. The molecule has 5 nitrogen and oxygen atoms in total. The van der Waals surface area contributed by atoms with Crippen LogP contribution in [0.5, 0.6) is 5.75 Å². The first-order valence-corrected chi connectivity index (χ1v) is 8.71. The van der Waals surface area contributed by atoms with E-state index >= 15 is 0 Å². The molecule has 26 heavy (non-hydrogen) atoms. The number of ether oxygens (including phenoxy) is 2. The molecule has 0 saturated carbocycles. The summed E-state index contributed by atoms with van der Waals surface area (Å²) in [6.45, 7) is 5.94. The number of para-hydroxylation sites is 1. The van der Waals surface area contributed by atoms with Crippen molar-refractivity contribution in [2.24, 2.45) is 0 Å². The maximum Gasteiger partial charge on any atom is 0.337 e. The predicted octanol–water partition coefficient (Wildman–Crippen LogP) is 4.39. The van der Waals surface area contributed by atoms with Gasteiger partial charge in [-0.25, -0.2) is 4.79 Å². The first-order chi connectivity index (χ1) is 12.5. The van der Waals surface area contributed by atoms with Gasteiger partial charge >= 0.3 is 5.97 Å². The molecule has 2 aromatic rings. The molecule has 0 fully saturated rings. The number of anilines is 1. The fourth-order valence-corrected chi connectivity index (χ4v) is 2.54. The van der Waals surface area contributed by atoms with Gasteiger partial charge in [0, 0.05) is 5.69 Å². The first kappa shape index (κ1) is 19.5. The zero-order valence-corrected chi connectivity index (χ0v) is 15.6. The molecule has 1 N–H and O–H groups in total. The zero-order valence-electron chi connectivity index (χ0n) is 15.6. The minimum Gasteiger partial charge on any atom is -0.481 e. The summed E-state index contributed by atoms with van der Waals surface area (Å²) in [5, 5.41) is 2.95. The van der Waals surface area contributed by atoms with Crippen molar-refractivity contribution in [3.05, 3.63) is 59.7 Å². The van der Waals surface area contributed by atoms with Gasteiger partial charge in [0.25, 0.3) is 5.91 Å². The first-order valence-electron chi connectivity index (χ1n) is 8.71. The third-order valence-corrected chi connectivity index (χ3v) is 4.32. The number of rotatable bonds is 7. The van der Waals surface area contributed by atoms with Gasteiger partial charge in [-0.05, 0) is 55.2 Å². The lowest BCUT2D eigenvalue weighted by molar-refractivity contribution is -0.122. The number of esters is 1. The number of carbonyl (C=O) groups excluding carboxylic acids is 2. The number of hydrogen-bond donors (Lipinski definition) is 1. The van der Waals surface area contributed by atoms with Crippen LogP contribution in [0.4, 0.5) is 5.69 Å². The highest BCUT2D eigenvalue weighted by Crippen LogP contribution is 2.26. The topological polar surface area (TPSA) is 64.6 Å². The Bertz CT molecular complexity index is 755. The largest absolute Gasteiger partial charge is 0.481 e. The summed E-state index contributed by atoms with van der Waals surface area (Å²) in [6.07, 6.45) is 0.315. The Morgan fingerprint density at radius 2 is 1.69 bits per heavy atom. The molecule has 5 heteroatoms. The van der Waals surface area contributed by atoms with Crippen LogP contribution < -0.4 is 10.1 Å². The Hall–Kier alpha value is -2.82. The van der Waals surface area contributed by atoms with Gasteiger partial charge in [-0.2, -0.15) is 0 Å². The van der Waals surface area contributed by atoms with E-state index in [4.69, 9.17) is 4.74 Å². The number of amides is 1. The van der Waals surface area contributed by atoms with E-state index in [1.54, 1.807) is 31.2 Å². The Labute approximate surface area is 154 Å². The molecule has 0 spiro atoms. The van der Waals surface area contributed by atoms with Crippen LogP contribution in [0.1, 0.15) is 49.0 Å². The quantitative estimate of drug-likeness (QED) is 0.748. The highest BCUT2D eigenvalue weighted by atomic mass is 16.5. The normalized spacial score (nSPS) is 12.8. The van der Waals surface area contributed by atoms with Gasteiger partial charge < -0.3 is 14.8 Å². The molecular weight excluding hydrogens is 330 g/mol. The summed E-state index contributed by atoms with van der Waals surface area (Å²) >= 11 is 0. The fourth-order valence-electron chi connectivity index (χ4n) is 2.54. The molecular formula is C21H25NO4. The summed E-state index contributed by atoms with van der Waals surface area (Å²) in [6, 6.07) is 14.3. The summed E-state index contributed by atoms with van der Waals surface area (Å²) in [4.78, 5) is 23.9. The van der Waals surface area contributed by atoms with E-state index in [-0.39, 0.29) is 5.91 Å². The van der Waals surface area contributed by atoms with Crippen LogP contribution in [-0.4, -0.2) is 25.1 Å². The van der Waals surface area contributed by atoms with E-state index in [0.29, 0.717) is 17.2 Å². The van der Waals surface area contributed by atoms with Gasteiger partial charge in [0.05, 0.1) is 12.7 Å². The Morgan fingerprint density at radius 1 is 1.04 bits per heavy atom. The average Bonchev–Trinajstić information content (AvgIpc) is 2.67.